The molecule has 2 atom stereocenters. The number of hydrogen-bond donors (Lipinski definition) is 0. The molecule has 0 heterocycles. The summed E-state index contributed by atoms with van der Waals surface area (Å²) >= 11 is 0. The Morgan fingerprint density at radius 3 is 1.22 bits per heavy atom. The van der Waals surface area contributed by atoms with Gasteiger partial charge in [0, 0.05) is 24.2 Å². The highest BCUT2D eigenvalue weighted by atomic mass is 16.5. The molecule has 1 saturated carbocycles. The van der Waals surface area contributed by atoms with Crippen LogP contribution in [0.5, 0.6) is 11.5 Å². The largest absolute Gasteiger partial charge is 0.491 e. The van der Waals surface area contributed by atoms with E-state index < -0.39 is 0 Å². The van der Waals surface area contributed by atoms with Crippen LogP contribution in [0.4, 0.5) is 0 Å². The van der Waals surface area contributed by atoms with Crippen LogP contribution in [-0.2, 0) is 0 Å². The van der Waals surface area contributed by atoms with Gasteiger partial charge in [-0.25, -0.2) is 0 Å². The first-order valence-corrected chi connectivity index (χ1v) is 14.2. The van der Waals surface area contributed by atoms with Gasteiger partial charge in [-0.15, -0.1) is 0 Å². The van der Waals surface area contributed by atoms with Gasteiger partial charge >= 0.3 is 0 Å². The van der Waals surface area contributed by atoms with E-state index in [0.29, 0.717) is 24.2 Å². The van der Waals surface area contributed by atoms with Gasteiger partial charge in [-0.05, 0) is 103 Å². The molecule has 0 bridgehead atoms. The van der Waals surface area contributed by atoms with Gasteiger partial charge in [-0.2, -0.15) is 0 Å². The fourth-order valence-corrected chi connectivity index (χ4v) is 6.23. The van der Waals surface area contributed by atoms with Gasteiger partial charge in [-0.3, -0.25) is 9.80 Å². The number of para-hydroxylation sites is 2. The summed E-state index contributed by atoms with van der Waals surface area (Å²) in [7, 11) is 0. The zero-order valence-electron chi connectivity index (χ0n) is 24.1. The first kappa shape index (κ1) is 28.5. The topological polar surface area (TPSA) is 24.9 Å². The van der Waals surface area contributed by atoms with Crippen molar-refractivity contribution in [3.8, 4) is 11.5 Å². The normalized spacial score (nSPS) is 19.9. The summed E-state index contributed by atoms with van der Waals surface area (Å²) in [6.45, 7) is 21.4. The molecule has 4 heteroatoms. The summed E-state index contributed by atoms with van der Waals surface area (Å²) in [5.41, 5.74) is 4.89. The number of benzene rings is 2. The Balaban J connectivity index is 1.52. The summed E-state index contributed by atoms with van der Waals surface area (Å²) in [5, 5.41) is 0. The number of nitrogens with zero attached hydrogens (tertiary/aromatic N) is 2. The maximum atomic E-state index is 6.33. The highest BCUT2D eigenvalue weighted by Crippen LogP contribution is 2.30. The summed E-state index contributed by atoms with van der Waals surface area (Å²) in [5.74, 6) is 2.11. The van der Waals surface area contributed by atoms with Crippen molar-refractivity contribution in [2.45, 2.75) is 105 Å². The van der Waals surface area contributed by atoms with E-state index in [1.54, 1.807) is 0 Å². The third-order valence-electron chi connectivity index (χ3n) is 8.22. The predicted molar refractivity (Wildman–Crippen MR) is 153 cm³/mol. The average molecular weight is 495 g/mol. The molecule has 36 heavy (non-hydrogen) atoms. The lowest BCUT2D eigenvalue weighted by atomic mass is 9.88. The van der Waals surface area contributed by atoms with Crippen molar-refractivity contribution < 1.29 is 9.47 Å². The molecule has 0 radical (unpaired) electrons. The Hall–Kier alpha value is -2.04. The maximum absolute atomic E-state index is 6.33. The molecular formula is C32H50N2O2. The standard InChI is InChI=1S/C32H50N2O2/c1-9-33(27(7)21-35-31-23(3)13-11-14-24(31)4)29-17-19-30(20-18-29)34(10-2)28(8)22-36-32-25(5)15-12-16-26(32)6/h11-16,27-30H,9-10,17-22H2,1-8H3. The highest BCUT2D eigenvalue weighted by Gasteiger charge is 2.32. The second kappa shape index (κ2) is 13.5. The lowest BCUT2D eigenvalue weighted by Gasteiger charge is -2.44. The fourth-order valence-electron chi connectivity index (χ4n) is 6.23. The molecular weight excluding hydrogens is 444 g/mol. The molecule has 1 fully saturated rings. The molecule has 0 amide bonds. The van der Waals surface area contributed by atoms with E-state index in [1.807, 2.05) is 0 Å². The summed E-state index contributed by atoms with van der Waals surface area (Å²) < 4.78 is 12.7. The second-order valence-corrected chi connectivity index (χ2v) is 10.9. The van der Waals surface area contributed by atoms with Crippen LogP contribution in [0, 0.1) is 27.7 Å². The zero-order chi connectivity index (χ0) is 26.2. The molecule has 3 rings (SSSR count). The molecule has 2 aromatic rings. The van der Waals surface area contributed by atoms with E-state index in [2.05, 4.69) is 102 Å². The van der Waals surface area contributed by atoms with E-state index in [1.165, 1.54) is 47.9 Å². The quantitative estimate of drug-likeness (QED) is 0.314. The number of hydrogen-bond acceptors (Lipinski definition) is 4. The monoisotopic (exact) mass is 494 g/mol. The third kappa shape index (κ3) is 7.04. The first-order chi connectivity index (χ1) is 17.3. The molecule has 0 spiro atoms. The Morgan fingerprint density at radius 1 is 0.639 bits per heavy atom. The molecule has 4 nitrogen and oxygen atoms in total. The first-order valence-electron chi connectivity index (χ1n) is 14.2. The summed E-state index contributed by atoms with van der Waals surface area (Å²) in [6.07, 6.45) is 5.03. The summed E-state index contributed by atoms with van der Waals surface area (Å²) in [4.78, 5) is 5.35. The Morgan fingerprint density at radius 2 is 0.944 bits per heavy atom. The van der Waals surface area contributed by atoms with Gasteiger partial charge < -0.3 is 9.47 Å². The van der Waals surface area contributed by atoms with Crippen LogP contribution in [0.2, 0.25) is 0 Å². The predicted octanol–water partition coefficient (Wildman–Crippen LogP) is 7.11. The number of rotatable bonds is 12. The van der Waals surface area contributed by atoms with E-state index in [4.69, 9.17) is 9.47 Å². The van der Waals surface area contributed by atoms with Crippen LogP contribution >= 0.6 is 0 Å². The molecule has 2 unspecified atom stereocenters. The van der Waals surface area contributed by atoms with Crippen molar-refractivity contribution in [1.29, 1.82) is 0 Å². The zero-order valence-corrected chi connectivity index (χ0v) is 24.1. The van der Waals surface area contributed by atoms with Gasteiger partial charge in [0.1, 0.15) is 24.7 Å². The van der Waals surface area contributed by atoms with E-state index in [0.717, 1.165) is 37.8 Å². The Labute approximate surface area is 221 Å². The number of likely N-dealkylation sites (N-methyl/N-ethyl adjacent to an activating group) is 2. The lowest BCUT2D eigenvalue weighted by Crippen LogP contribution is -2.50. The van der Waals surface area contributed by atoms with Gasteiger partial charge in [-0.1, -0.05) is 50.2 Å². The van der Waals surface area contributed by atoms with Crippen LogP contribution < -0.4 is 9.47 Å². The molecule has 1 aliphatic carbocycles. The minimum absolute atomic E-state index is 0.405. The van der Waals surface area contributed by atoms with Crippen LogP contribution in [0.3, 0.4) is 0 Å². The second-order valence-electron chi connectivity index (χ2n) is 10.9. The number of ether oxygens (including phenoxy) is 2. The van der Waals surface area contributed by atoms with Crippen LogP contribution in [-0.4, -0.2) is 60.3 Å². The Kier molecular flexibility index (Phi) is 10.7. The number of aryl methyl sites for hydroxylation is 4. The molecule has 0 aliphatic heterocycles. The van der Waals surface area contributed by atoms with Gasteiger partial charge in [0.15, 0.2) is 0 Å². The van der Waals surface area contributed by atoms with Gasteiger partial charge in [0.2, 0.25) is 0 Å². The lowest BCUT2D eigenvalue weighted by molar-refractivity contribution is 0.0402. The van der Waals surface area contributed by atoms with E-state index in [-0.39, 0.29) is 0 Å². The molecule has 2 aromatic carbocycles. The van der Waals surface area contributed by atoms with Crippen molar-refractivity contribution in [2.24, 2.45) is 0 Å². The minimum atomic E-state index is 0.405. The molecule has 0 N–H and O–H groups in total. The van der Waals surface area contributed by atoms with Crippen molar-refractivity contribution >= 4 is 0 Å². The van der Waals surface area contributed by atoms with Crippen LogP contribution in [0.15, 0.2) is 36.4 Å². The Bertz CT molecular complexity index is 833. The molecule has 0 saturated heterocycles. The van der Waals surface area contributed by atoms with Crippen molar-refractivity contribution in [3.05, 3.63) is 58.7 Å². The smallest absolute Gasteiger partial charge is 0.125 e. The molecule has 0 aromatic heterocycles. The van der Waals surface area contributed by atoms with Crippen molar-refractivity contribution in [1.82, 2.24) is 9.80 Å². The van der Waals surface area contributed by atoms with Crippen LogP contribution in [0.25, 0.3) is 0 Å². The third-order valence-corrected chi connectivity index (χ3v) is 8.22. The highest BCUT2D eigenvalue weighted by molar-refractivity contribution is 5.40. The van der Waals surface area contributed by atoms with Crippen molar-refractivity contribution in [3.63, 3.8) is 0 Å². The molecule has 200 valence electrons. The maximum Gasteiger partial charge on any atom is 0.125 e. The van der Waals surface area contributed by atoms with Crippen molar-refractivity contribution in [2.75, 3.05) is 26.3 Å². The molecule has 1 aliphatic rings. The fraction of sp³-hybridized carbons (Fsp3) is 0.625. The van der Waals surface area contributed by atoms with Gasteiger partial charge in [0.05, 0.1) is 0 Å². The minimum Gasteiger partial charge on any atom is -0.491 e. The summed E-state index contributed by atoms with van der Waals surface area (Å²) in [6, 6.07) is 14.9. The van der Waals surface area contributed by atoms with E-state index in [9.17, 15) is 0 Å². The SMILES string of the molecule is CCN(C(C)COc1c(C)cccc1C)C1CCC(N(CC)C(C)COc2c(C)cccc2C)CC1. The van der Waals surface area contributed by atoms with E-state index >= 15 is 0 Å². The van der Waals surface area contributed by atoms with Gasteiger partial charge in [0.25, 0.3) is 0 Å². The van der Waals surface area contributed by atoms with Crippen LogP contribution in [0.1, 0.15) is 75.6 Å². The average Bonchev–Trinajstić information content (AvgIpc) is 2.85.